The number of nitrogens with zero attached hydrogens (tertiary/aromatic N) is 3. The molecule has 1 atom stereocenters. The molecule has 2 aromatic rings. The minimum Gasteiger partial charge on any atom is -0.485 e. The predicted octanol–water partition coefficient (Wildman–Crippen LogP) is 2.46. The Kier molecular flexibility index (Phi) is 4.16. The lowest BCUT2D eigenvalue weighted by Crippen LogP contribution is -2.12. The van der Waals surface area contributed by atoms with Gasteiger partial charge in [0.25, 0.3) is 0 Å². The van der Waals surface area contributed by atoms with Crippen molar-refractivity contribution in [2.45, 2.75) is 39.5 Å². The standard InChI is InChI=1S/C14H20N4O/c1-10(2)18-14(16-9-17-18)8-19-13-7-5-4-6-12(13)11(3)15/h4-7,9-11H,8,15H2,1-3H3/t11-/m0/s1. The fourth-order valence-corrected chi connectivity index (χ4v) is 1.94. The number of hydrogen-bond acceptors (Lipinski definition) is 4. The van der Waals surface area contributed by atoms with E-state index in [-0.39, 0.29) is 12.1 Å². The van der Waals surface area contributed by atoms with E-state index >= 15 is 0 Å². The third-order valence-electron chi connectivity index (χ3n) is 2.90. The van der Waals surface area contributed by atoms with E-state index in [0.717, 1.165) is 17.1 Å². The average molecular weight is 260 g/mol. The van der Waals surface area contributed by atoms with Gasteiger partial charge in [-0.2, -0.15) is 5.10 Å². The summed E-state index contributed by atoms with van der Waals surface area (Å²) in [5.74, 6) is 1.62. The molecule has 2 rings (SSSR count). The fourth-order valence-electron chi connectivity index (χ4n) is 1.94. The lowest BCUT2D eigenvalue weighted by atomic mass is 10.1. The van der Waals surface area contributed by atoms with Crippen molar-refractivity contribution in [2.75, 3.05) is 0 Å². The molecule has 102 valence electrons. The SMILES string of the molecule is CC(C)n1ncnc1COc1ccccc1[C@H](C)N. The van der Waals surface area contributed by atoms with Crippen LogP contribution in [0.5, 0.6) is 5.75 Å². The van der Waals surface area contributed by atoms with E-state index in [0.29, 0.717) is 6.61 Å². The molecule has 5 heteroatoms. The molecule has 5 nitrogen and oxygen atoms in total. The summed E-state index contributed by atoms with van der Waals surface area (Å²) in [5.41, 5.74) is 6.93. The van der Waals surface area contributed by atoms with Crippen LogP contribution in [0.3, 0.4) is 0 Å². The first-order valence-corrected chi connectivity index (χ1v) is 6.45. The first-order valence-electron chi connectivity index (χ1n) is 6.45. The lowest BCUT2D eigenvalue weighted by molar-refractivity contribution is 0.278. The van der Waals surface area contributed by atoms with E-state index in [1.807, 2.05) is 35.9 Å². The van der Waals surface area contributed by atoms with Gasteiger partial charge in [0.2, 0.25) is 0 Å². The second kappa shape index (κ2) is 5.84. The molecule has 0 bridgehead atoms. The molecule has 0 aliphatic heterocycles. The maximum absolute atomic E-state index is 5.93. The van der Waals surface area contributed by atoms with E-state index in [1.54, 1.807) is 6.33 Å². The van der Waals surface area contributed by atoms with Gasteiger partial charge in [-0.1, -0.05) is 18.2 Å². The van der Waals surface area contributed by atoms with Gasteiger partial charge in [0, 0.05) is 17.6 Å². The summed E-state index contributed by atoms with van der Waals surface area (Å²) in [4.78, 5) is 4.22. The van der Waals surface area contributed by atoms with Gasteiger partial charge in [-0.3, -0.25) is 0 Å². The highest BCUT2D eigenvalue weighted by atomic mass is 16.5. The zero-order valence-corrected chi connectivity index (χ0v) is 11.6. The molecule has 0 radical (unpaired) electrons. The molecule has 0 spiro atoms. The number of rotatable bonds is 5. The lowest BCUT2D eigenvalue weighted by Gasteiger charge is -2.14. The molecule has 1 heterocycles. The van der Waals surface area contributed by atoms with Crippen LogP contribution in [0.4, 0.5) is 0 Å². The van der Waals surface area contributed by atoms with Crippen LogP contribution < -0.4 is 10.5 Å². The summed E-state index contributed by atoms with van der Waals surface area (Å²) < 4.78 is 7.69. The Morgan fingerprint density at radius 2 is 2.00 bits per heavy atom. The van der Waals surface area contributed by atoms with Gasteiger partial charge in [-0.05, 0) is 26.8 Å². The summed E-state index contributed by atoms with van der Waals surface area (Å²) >= 11 is 0. The summed E-state index contributed by atoms with van der Waals surface area (Å²) in [5, 5.41) is 4.19. The Bertz CT molecular complexity index is 534. The van der Waals surface area contributed by atoms with Crippen molar-refractivity contribution in [1.29, 1.82) is 0 Å². The highest BCUT2D eigenvalue weighted by Gasteiger charge is 2.11. The maximum Gasteiger partial charge on any atom is 0.165 e. The summed E-state index contributed by atoms with van der Waals surface area (Å²) in [6.45, 7) is 6.46. The van der Waals surface area contributed by atoms with Crippen molar-refractivity contribution < 1.29 is 4.74 Å². The van der Waals surface area contributed by atoms with Gasteiger partial charge >= 0.3 is 0 Å². The minimum atomic E-state index is -0.0563. The topological polar surface area (TPSA) is 66.0 Å². The molecule has 0 fully saturated rings. The Balaban J connectivity index is 2.13. The van der Waals surface area contributed by atoms with Crippen LogP contribution >= 0.6 is 0 Å². The molecule has 2 N–H and O–H groups in total. The highest BCUT2D eigenvalue weighted by Crippen LogP contribution is 2.24. The highest BCUT2D eigenvalue weighted by molar-refractivity contribution is 5.35. The molecule has 0 aliphatic carbocycles. The van der Waals surface area contributed by atoms with Crippen LogP contribution in [0.15, 0.2) is 30.6 Å². The van der Waals surface area contributed by atoms with E-state index in [2.05, 4.69) is 23.9 Å². The van der Waals surface area contributed by atoms with Crippen molar-refractivity contribution >= 4 is 0 Å². The monoisotopic (exact) mass is 260 g/mol. The molecular formula is C14H20N4O. The van der Waals surface area contributed by atoms with Gasteiger partial charge in [0.15, 0.2) is 5.82 Å². The second-order valence-electron chi connectivity index (χ2n) is 4.83. The van der Waals surface area contributed by atoms with E-state index in [9.17, 15) is 0 Å². The van der Waals surface area contributed by atoms with Crippen molar-refractivity contribution in [1.82, 2.24) is 14.8 Å². The molecule has 1 aromatic heterocycles. The molecular weight excluding hydrogens is 240 g/mol. The normalized spacial score (nSPS) is 12.7. The van der Waals surface area contributed by atoms with Crippen molar-refractivity contribution in [2.24, 2.45) is 5.73 Å². The number of para-hydroxylation sites is 1. The van der Waals surface area contributed by atoms with Gasteiger partial charge in [-0.15, -0.1) is 0 Å². The second-order valence-corrected chi connectivity index (χ2v) is 4.83. The quantitative estimate of drug-likeness (QED) is 0.896. The molecule has 1 aromatic carbocycles. The van der Waals surface area contributed by atoms with E-state index < -0.39 is 0 Å². The van der Waals surface area contributed by atoms with Crippen LogP contribution in [0, 0.1) is 0 Å². The zero-order valence-electron chi connectivity index (χ0n) is 11.6. The number of aromatic nitrogens is 3. The summed E-state index contributed by atoms with van der Waals surface area (Å²) in [7, 11) is 0. The predicted molar refractivity (Wildman–Crippen MR) is 73.8 cm³/mol. The van der Waals surface area contributed by atoms with Crippen molar-refractivity contribution in [3.8, 4) is 5.75 Å². The Hall–Kier alpha value is -1.88. The molecule has 0 unspecified atom stereocenters. The third kappa shape index (κ3) is 3.12. The van der Waals surface area contributed by atoms with E-state index in [4.69, 9.17) is 10.5 Å². The smallest absolute Gasteiger partial charge is 0.165 e. The molecule has 0 saturated heterocycles. The third-order valence-corrected chi connectivity index (χ3v) is 2.90. The number of ether oxygens (including phenoxy) is 1. The van der Waals surface area contributed by atoms with Crippen LogP contribution in [-0.4, -0.2) is 14.8 Å². The molecule has 0 saturated carbocycles. The largest absolute Gasteiger partial charge is 0.485 e. The van der Waals surface area contributed by atoms with Crippen molar-refractivity contribution in [3.05, 3.63) is 42.0 Å². The zero-order chi connectivity index (χ0) is 13.8. The van der Waals surface area contributed by atoms with Gasteiger partial charge in [0.05, 0.1) is 0 Å². The average Bonchev–Trinajstić information content (AvgIpc) is 2.85. The summed E-state index contributed by atoms with van der Waals surface area (Å²) in [6.07, 6.45) is 1.55. The molecule has 0 amide bonds. The van der Waals surface area contributed by atoms with Crippen LogP contribution in [0.25, 0.3) is 0 Å². The number of benzene rings is 1. The maximum atomic E-state index is 5.93. The van der Waals surface area contributed by atoms with Gasteiger partial charge < -0.3 is 10.5 Å². The van der Waals surface area contributed by atoms with Crippen LogP contribution in [0.2, 0.25) is 0 Å². The summed E-state index contributed by atoms with van der Waals surface area (Å²) in [6, 6.07) is 8.02. The minimum absolute atomic E-state index is 0.0563. The van der Waals surface area contributed by atoms with Crippen LogP contribution in [-0.2, 0) is 6.61 Å². The number of hydrogen-bond donors (Lipinski definition) is 1. The Labute approximate surface area is 113 Å². The molecule has 19 heavy (non-hydrogen) atoms. The van der Waals surface area contributed by atoms with E-state index in [1.165, 1.54) is 0 Å². The molecule has 0 aliphatic rings. The van der Waals surface area contributed by atoms with Gasteiger partial charge in [-0.25, -0.2) is 9.67 Å². The Morgan fingerprint density at radius 3 is 2.68 bits per heavy atom. The fraction of sp³-hybridized carbons (Fsp3) is 0.429. The Morgan fingerprint density at radius 1 is 1.26 bits per heavy atom. The van der Waals surface area contributed by atoms with Crippen molar-refractivity contribution in [3.63, 3.8) is 0 Å². The van der Waals surface area contributed by atoms with Gasteiger partial charge in [0.1, 0.15) is 18.7 Å². The first-order chi connectivity index (χ1) is 9.09. The number of nitrogens with two attached hydrogens (primary N) is 1. The first kappa shape index (κ1) is 13.5. The van der Waals surface area contributed by atoms with Crippen LogP contribution in [0.1, 0.15) is 44.2 Å².